The van der Waals surface area contributed by atoms with Crippen LogP contribution in [-0.2, 0) is 4.57 Å². The number of anilines is 1. The summed E-state index contributed by atoms with van der Waals surface area (Å²) in [6.45, 7) is 4.17. The van der Waals surface area contributed by atoms with Gasteiger partial charge in [0, 0.05) is 12.6 Å². The molecule has 0 spiro atoms. The molecule has 0 saturated carbocycles. The maximum absolute atomic E-state index is 14.7. The normalized spacial score (nSPS) is 18.4. The minimum absolute atomic E-state index is 0.774. The van der Waals surface area contributed by atoms with Gasteiger partial charge in [0.25, 0.3) is 7.44 Å². The van der Waals surface area contributed by atoms with Crippen LogP contribution >= 0.6 is 7.44 Å². The van der Waals surface area contributed by atoms with Gasteiger partial charge in [0.05, 0.1) is 22.0 Å². The van der Waals surface area contributed by atoms with Crippen LogP contribution in [0.15, 0.2) is 66.7 Å². The number of nitrogens with zero attached hydrogens (tertiary/aromatic N) is 3. The first kappa shape index (κ1) is 16.3. The third-order valence-electron chi connectivity index (χ3n) is 5.51. The lowest BCUT2D eigenvalue weighted by Gasteiger charge is -2.37. The summed E-state index contributed by atoms with van der Waals surface area (Å²) in [5, 5.41) is 0.806. The highest BCUT2D eigenvalue weighted by molar-refractivity contribution is 7.72. The summed E-state index contributed by atoms with van der Waals surface area (Å²) in [5.74, 6) is 0.774. The van der Waals surface area contributed by atoms with Gasteiger partial charge in [-0.1, -0.05) is 30.3 Å². The van der Waals surface area contributed by atoms with Gasteiger partial charge >= 0.3 is 0 Å². The van der Waals surface area contributed by atoms with Crippen molar-refractivity contribution in [1.29, 1.82) is 0 Å². The minimum Gasteiger partial charge on any atom is -0.305 e. The average Bonchev–Trinajstić information content (AvgIpc) is 3.06. The van der Waals surface area contributed by atoms with E-state index in [1.807, 2.05) is 64.6 Å². The van der Waals surface area contributed by atoms with Crippen LogP contribution in [0, 0.1) is 13.8 Å². The van der Waals surface area contributed by atoms with Crippen LogP contribution in [-0.4, -0.2) is 16.4 Å². The first-order chi connectivity index (χ1) is 13.0. The van der Waals surface area contributed by atoms with Crippen molar-refractivity contribution in [3.63, 3.8) is 0 Å². The number of fused-ring (bicyclic) bond motifs is 5. The highest BCUT2D eigenvalue weighted by Crippen LogP contribution is 2.60. The minimum atomic E-state index is -3.12. The van der Waals surface area contributed by atoms with Gasteiger partial charge in [-0.25, -0.2) is 4.98 Å². The smallest absolute Gasteiger partial charge is 0.298 e. The Balaban J connectivity index is 1.97. The second-order valence-corrected chi connectivity index (χ2v) is 9.70. The molecular weight excluding hydrogens is 353 g/mol. The zero-order chi connectivity index (χ0) is 18.8. The molecule has 1 unspecified atom stereocenters. The third kappa shape index (κ3) is 2.11. The topological polar surface area (TPSA) is 38.1 Å². The molecule has 4 aromatic rings. The maximum atomic E-state index is 14.7. The molecule has 27 heavy (non-hydrogen) atoms. The molecule has 0 amide bonds. The van der Waals surface area contributed by atoms with Crippen LogP contribution in [0.4, 0.5) is 5.69 Å². The van der Waals surface area contributed by atoms with E-state index in [1.165, 1.54) is 11.1 Å². The van der Waals surface area contributed by atoms with Crippen molar-refractivity contribution in [3.05, 3.63) is 77.9 Å². The van der Waals surface area contributed by atoms with Crippen molar-refractivity contribution in [2.45, 2.75) is 13.8 Å². The zero-order valence-electron chi connectivity index (χ0n) is 15.5. The van der Waals surface area contributed by atoms with E-state index in [-0.39, 0.29) is 0 Å². The maximum Gasteiger partial charge on any atom is 0.298 e. The lowest BCUT2D eigenvalue weighted by Crippen LogP contribution is -2.30. The predicted molar refractivity (Wildman–Crippen MR) is 112 cm³/mol. The van der Waals surface area contributed by atoms with Crippen molar-refractivity contribution < 1.29 is 4.57 Å². The Hall–Kier alpha value is -2.84. The molecule has 1 aromatic heterocycles. The van der Waals surface area contributed by atoms with Crippen molar-refractivity contribution in [2.24, 2.45) is 0 Å². The van der Waals surface area contributed by atoms with E-state index in [4.69, 9.17) is 4.98 Å². The summed E-state index contributed by atoms with van der Waals surface area (Å²) in [5.41, 5.74) is 6.12. The molecule has 0 radical (unpaired) electrons. The third-order valence-corrected chi connectivity index (χ3v) is 8.46. The zero-order valence-corrected chi connectivity index (χ0v) is 16.4. The summed E-state index contributed by atoms with van der Waals surface area (Å²) in [4.78, 5) is 4.92. The second-order valence-electron chi connectivity index (χ2n) is 7.09. The van der Waals surface area contributed by atoms with E-state index >= 15 is 0 Å². The number of hydrogen-bond acceptors (Lipinski definition) is 2. The van der Waals surface area contributed by atoms with Gasteiger partial charge in [0.1, 0.15) is 5.82 Å². The monoisotopic (exact) mass is 373 g/mol. The van der Waals surface area contributed by atoms with Crippen molar-refractivity contribution in [2.75, 3.05) is 11.7 Å². The van der Waals surface area contributed by atoms with Gasteiger partial charge in [-0.3, -0.25) is 8.90 Å². The number of aryl methyl sites for hydroxylation is 2. The predicted octanol–water partition coefficient (Wildman–Crippen LogP) is 5.14. The molecule has 3 aromatic carbocycles. The van der Waals surface area contributed by atoms with Crippen LogP contribution in [0.5, 0.6) is 0 Å². The number of hydrogen-bond donors (Lipinski definition) is 0. The molecule has 0 bridgehead atoms. The molecule has 0 N–H and O–H groups in total. The Kier molecular flexibility index (Phi) is 3.38. The molecule has 4 nitrogen and oxygen atoms in total. The van der Waals surface area contributed by atoms with Gasteiger partial charge in [0.2, 0.25) is 0 Å². The summed E-state index contributed by atoms with van der Waals surface area (Å²) in [6, 6.07) is 22.0. The highest BCUT2D eigenvalue weighted by atomic mass is 31.2. The van der Waals surface area contributed by atoms with Gasteiger partial charge in [-0.2, -0.15) is 0 Å². The van der Waals surface area contributed by atoms with Gasteiger partial charge < -0.3 is 4.67 Å². The Bertz CT molecular complexity index is 1240. The van der Waals surface area contributed by atoms with Crippen LogP contribution in [0.25, 0.3) is 22.4 Å². The number of rotatable bonds is 1. The fraction of sp³-hybridized carbons (Fsp3) is 0.136. The Morgan fingerprint density at radius 2 is 1.56 bits per heavy atom. The van der Waals surface area contributed by atoms with E-state index in [0.717, 1.165) is 33.4 Å². The largest absolute Gasteiger partial charge is 0.305 e. The second kappa shape index (κ2) is 5.58. The van der Waals surface area contributed by atoms with Gasteiger partial charge in [-0.05, 0) is 61.4 Å². The molecule has 2 heterocycles. The Labute approximate surface area is 158 Å². The summed E-state index contributed by atoms with van der Waals surface area (Å²) in [7, 11) is -1.21. The van der Waals surface area contributed by atoms with E-state index in [1.54, 1.807) is 0 Å². The van der Waals surface area contributed by atoms with Crippen molar-refractivity contribution in [3.8, 4) is 11.4 Å². The molecule has 1 atom stereocenters. The van der Waals surface area contributed by atoms with E-state index in [9.17, 15) is 4.57 Å². The van der Waals surface area contributed by atoms with E-state index in [0.29, 0.717) is 0 Å². The van der Waals surface area contributed by atoms with Gasteiger partial charge in [-0.15, -0.1) is 0 Å². The van der Waals surface area contributed by atoms with Crippen molar-refractivity contribution in [1.82, 2.24) is 9.32 Å². The lowest BCUT2D eigenvalue weighted by molar-refractivity contribution is 0.574. The van der Waals surface area contributed by atoms with E-state index in [2.05, 4.69) is 32.0 Å². The van der Waals surface area contributed by atoms with Crippen LogP contribution in [0.1, 0.15) is 11.1 Å². The lowest BCUT2D eigenvalue weighted by atomic mass is 10.1. The van der Waals surface area contributed by atoms with Crippen molar-refractivity contribution >= 4 is 29.5 Å². The van der Waals surface area contributed by atoms with Crippen LogP contribution in [0.2, 0.25) is 0 Å². The average molecular weight is 373 g/mol. The summed E-state index contributed by atoms with van der Waals surface area (Å²) >= 11 is 0. The summed E-state index contributed by atoms with van der Waals surface area (Å²) in [6.07, 6.45) is 0. The molecule has 1 aliphatic rings. The first-order valence-corrected chi connectivity index (χ1v) is 10.6. The highest BCUT2D eigenvalue weighted by Gasteiger charge is 2.41. The number of imidazole rings is 1. The first-order valence-electron chi connectivity index (χ1n) is 9.01. The molecule has 5 rings (SSSR count). The van der Waals surface area contributed by atoms with Crippen LogP contribution < -0.4 is 9.97 Å². The number of para-hydroxylation sites is 1. The molecule has 0 saturated heterocycles. The Morgan fingerprint density at radius 3 is 2.33 bits per heavy atom. The Morgan fingerprint density at radius 1 is 0.889 bits per heavy atom. The SMILES string of the molecule is Cc1cc2nc3n(c2cc1C)P(=O)(c1ccccc1)N(C)c1ccccc1-3. The van der Waals surface area contributed by atoms with E-state index < -0.39 is 7.44 Å². The molecule has 1 aliphatic heterocycles. The fourth-order valence-corrected chi connectivity index (χ4v) is 6.64. The molecule has 0 aliphatic carbocycles. The standard InChI is InChI=1S/C22H20N3OP/c1-15-13-19-21(14-16(15)2)25-22(23-19)18-11-7-8-12-20(18)24(3)27(25,26)17-9-5-4-6-10-17/h4-14H,1-3H3. The van der Waals surface area contributed by atoms with Crippen LogP contribution in [0.3, 0.4) is 0 Å². The molecule has 5 heteroatoms. The molecule has 0 fully saturated rings. The molecule has 134 valence electrons. The molecular formula is C22H20N3OP. The van der Waals surface area contributed by atoms with Gasteiger partial charge in [0.15, 0.2) is 0 Å². The fourth-order valence-electron chi connectivity index (χ4n) is 3.91. The number of aromatic nitrogens is 2. The quantitative estimate of drug-likeness (QED) is 0.434. The number of benzene rings is 3. The summed E-state index contributed by atoms with van der Waals surface area (Å²) < 4.78 is 18.6.